The van der Waals surface area contributed by atoms with Crippen molar-refractivity contribution < 1.29 is 9.53 Å². The topological polar surface area (TPSA) is 65.4 Å². The average molecular weight is 404 g/mol. The van der Waals surface area contributed by atoms with E-state index in [1.54, 1.807) is 18.2 Å². The summed E-state index contributed by atoms with van der Waals surface area (Å²) in [5.74, 6) is -0.132. The Morgan fingerprint density at radius 3 is 2.70 bits per heavy atom. The molecule has 0 spiro atoms. The molecular formula is C20H19Cl2N3O2. The van der Waals surface area contributed by atoms with E-state index in [1.807, 2.05) is 37.3 Å². The Morgan fingerprint density at radius 2 is 2.04 bits per heavy atom. The molecule has 5 nitrogen and oxygen atoms in total. The summed E-state index contributed by atoms with van der Waals surface area (Å²) in [5, 5.41) is 12.8. The molecule has 2 aromatic carbocycles. The van der Waals surface area contributed by atoms with E-state index in [0.29, 0.717) is 41.0 Å². The van der Waals surface area contributed by atoms with Gasteiger partial charge in [-0.25, -0.2) is 0 Å². The number of hydrogen-bond acceptors (Lipinski definition) is 4. The lowest BCUT2D eigenvalue weighted by Crippen LogP contribution is -2.48. The zero-order valence-electron chi connectivity index (χ0n) is 14.8. The fraction of sp³-hybridized carbons (Fsp3) is 0.300. The second kappa shape index (κ2) is 8.73. The first-order chi connectivity index (χ1) is 13.0. The highest BCUT2D eigenvalue weighted by Crippen LogP contribution is 2.25. The Hall–Kier alpha value is -2.10. The van der Waals surface area contributed by atoms with Gasteiger partial charge >= 0.3 is 0 Å². The van der Waals surface area contributed by atoms with E-state index in [2.05, 4.69) is 10.2 Å². The monoisotopic (exact) mass is 403 g/mol. The third-order valence-corrected chi connectivity index (χ3v) is 5.19. The Labute approximate surface area is 168 Å². The lowest BCUT2D eigenvalue weighted by atomic mass is 10.1. The molecule has 1 heterocycles. The van der Waals surface area contributed by atoms with Crippen molar-refractivity contribution in [1.82, 2.24) is 4.90 Å². The van der Waals surface area contributed by atoms with E-state index in [4.69, 9.17) is 33.2 Å². The van der Waals surface area contributed by atoms with Gasteiger partial charge in [-0.05, 0) is 42.8 Å². The second-order valence-corrected chi connectivity index (χ2v) is 7.22. The molecule has 27 heavy (non-hydrogen) atoms. The number of nitriles is 1. The maximum atomic E-state index is 12.6. The number of rotatable bonds is 4. The minimum atomic E-state index is -0.335. The van der Waals surface area contributed by atoms with E-state index in [0.717, 1.165) is 5.56 Å². The van der Waals surface area contributed by atoms with Crippen LogP contribution < -0.4 is 5.32 Å². The summed E-state index contributed by atoms with van der Waals surface area (Å²) in [5.41, 5.74) is 1.98. The normalized spacial score (nSPS) is 18.5. The number of benzene rings is 2. The molecule has 1 aliphatic rings. The molecule has 2 aromatic rings. The molecule has 2 unspecified atom stereocenters. The molecular weight excluding hydrogens is 385 g/mol. The SMILES string of the molecule is CC(C(=O)Nc1ccc(C#N)c(Cl)c1)N1CCOC(c2ccc(Cl)cc2)C1. The summed E-state index contributed by atoms with van der Waals surface area (Å²) in [6.07, 6.45) is -0.101. The summed E-state index contributed by atoms with van der Waals surface area (Å²) >= 11 is 12.0. The molecule has 1 amide bonds. The number of ether oxygens (including phenoxy) is 1. The number of carbonyl (C=O) groups is 1. The van der Waals surface area contributed by atoms with E-state index in [9.17, 15) is 4.79 Å². The first-order valence-corrected chi connectivity index (χ1v) is 9.35. The Morgan fingerprint density at radius 1 is 1.30 bits per heavy atom. The highest BCUT2D eigenvalue weighted by atomic mass is 35.5. The molecule has 1 N–H and O–H groups in total. The number of hydrogen-bond donors (Lipinski definition) is 1. The smallest absolute Gasteiger partial charge is 0.241 e. The van der Waals surface area contributed by atoms with Crippen molar-refractivity contribution in [3.63, 3.8) is 0 Å². The summed E-state index contributed by atoms with van der Waals surface area (Å²) in [4.78, 5) is 14.7. The van der Waals surface area contributed by atoms with Gasteiger partial charge in [0.25, 0.3) is 0 Å². The van der Waals surface area contributed by atoms with Crippen LogP contribution in [0.25, 0.3) is 0 Å². The standard InChI is InChI=1S/C20H19Cl2N3O2/c1-13(20(26)24-17-7-4-15(11-23)18(22)10-17)25-8-9-27-19(12-25)14-2-5-16(21)6-3-14/h2-7,10,13,19H,8-9,12H2,1H3,(H,24,26). The third kappa shape index (κ3) is 4.79. The molecule has 0 aromatic heterocycles. The van der Waals surface area contributed by atoms with Crippen LogP contribution in [-0.2, 0) is 9.53 Å². The fourth-order valence-corrected chi connectivity index (χ4v) is 3.34. The van der Waals surface area contributed by atoms with Crippen LogP contribution in [0.15, 0.2) is 42.5 Å². The lowest BCUT2D eigenvalue weighted by Gasteiger charge is -2.36. The minimum Gasteiger partial charge on any atom is -0.371 e. The van der Waals surface area contributed by atoms with Gasteiger partial charge in [0.2, 0.25) is 5.91 Å². The number of halogens is 2. The van der Waals surface area contributed by atoms with Crippen molar-refractivity contribution in [2.75, 3.05) is 25.0 Å². The summed E-state index contributed by atoms with van der Waals surface area (Å²) in [6.45, 7) is 3.70. The maximum Gasteiger partial charge on any atom is 0.241 e. The Bertz CT molecular complexity index is 865. The van der Waals surface area contributed by atoms with E-state index >= 15 is 0 Å². The van der Waals surface area contributed by atoms with Gasteiger partial charge in [-0.2, -0.15) is 5.26 Å². The molecule has 1 aliphatic heterocycles. The zero-order chi connectivity index (χ0) is 19.4. The average Bonchev–Trinajstić information content (AvgIpc) is 2.68. The summed E-state index contributed by atoms with van der Waals surface area (Å²) in [6, 6.07) is 14.1. The molecule has 7 heteroatoms. The molecule has 1 saturated heterocycles. The number of nitrogens with zero attached hydrogens (tertiary/aromatic N) is 2. The largest absolute Gasteiger partial charge is 0.371 e. The van der Waals surface area contributed by atoms with Crippen LogP contribution in [0.4, 0.5) is 5.69 Å². The number of amides is 1. The van der Waals surface area contributed by atoms with Gasteiger partial charge in [-0.3, -0.25) is 9.69 Å². The molecule has 0 radical (unpaired) electrons. The van der Waals surface area contributed by atoms with Crippen LogP contribution in [0.5, 0.6) is 0 Å². The number of anilines is 1. The molecule has 1 fully saturated rings. The van der Waals surface area contributed by atoms with Crippen LogP contribution >= 0.6 is 23.2 Å². The van der Waals surface area contributed by atoms with Gasteiger partial charge in [0.05, 0.1) is 29.3 Å². The van der Waals surface area contributed by atoms with E-state index < -0.39 is 0 Å². The fourth-order valence-electron chi connectivity index (χ4n) is 3.00. The zero-order valence-corrected chi connectivity index (χ0v) is 16.3. The highest BCUT2D eigenvalue weighted by Gasteiger charge is 2.28. The van der Waals surface area contributed by atoms with Crippen LogP contribution in [0.3, 0.4) is 0 Å². The van der Waals surface area contributed by atoms with Crippen molar-refractivity contribution in [2.45, 2.75) is 19.1 Å². The predicted octanol–water partition coefficient (Wildman–Crippen LogP) is 4.27. The van der Waals surface area contributed by atoms with Crippen molar-refractivity contribution in [3.8, 4) is 6.07 Å². The first-order valence-electron chi connectivity index (χ1n) is 8.59. The van der Waals surface area contributed by atoms with Crippen LogP contribution in [0, 0.1) is 11.3 Å². The minimum absolute atomic E-state index is 0.101. The maximum absolute atomic E-state index is 12.6. The second-order valence-electron chi connectivity index (χ2n) is 6.38. The van der Waals surface area contributed by atoms with Crippen molar-refractivity contribution >= 4 is 34.8 Å². The quantitative estimate of drug-likeness (QED) is 0.827. The van der Waals surface area contributed by atoms with Crippen LogP contribution in [0.2, 0.25) is 10.0 Å². The molecule has 3 rings (SSSR count). The van der Waals surface area contributed by atoms with Gasteiger partial charge in [-0.15, -0.1) is 0 Å². The van der Waals surface area contributed by atoms with E-state index in [1.165, 1.54) is 0 Å². The highest BCUT2D eigenvalue weighted by molar-refractivity contribution is 6.32. The first kappa shape index (κ1) is 19.7. The van der Waals surface area contributed by atoms with Gasteiger partial charge in [0, 0.05) is 23.8 Å². The summed E-state index contributed by atoms with van der Waals surface area (Å²) < 4.78 is 5.86. The van der Waals surface area contributed by atoms with Crippen LogP contribution in [0.1, 0.15) is 24.2 Å². The molecule has 2 atom stereocenters. The summed E-state index contributed by atoms with van der Waals surface area (Å²) in [7, 11) is 0. The van der Waals surface area contributed by atoms with Gasteiger partial charge in [-0.1, -0.05) is 35.3 Å². The van der Waals surface area contributed by atoms with Gasteiger partial charge < -0.3 is 10.1 Å². The van der Waals surface area contributed by atoms with Crippen molar-refractivity contribution in [1.29, 1.82) is 5.26 Å². The molecule has 0 bridgehead atoms. The Balaban J connectivity index is 1.64. The number of nitrogens with one attached hydrogen (secondary N) is 1. The third-order valence-electron chi connectivity index (χ3n) is 4.62. The predicted molar refractivity (Wildman–Crippen MR) is 106 cm³/mol. The van der Waals surface area contributed by atoms with Crippen molar-refractivity contribution in [3.05, 3.63) is 63.6 Å². The van der Waals surface area contributed by atoms with Gasteiger partial charge in [0.15, 0.2) is 0 Å². The molecule has 0 saturated carbocycles. The van der Waals surface area contributed by atoms with E-state index in [-0.39, 0.29) is 18.1 Å². The molecule has 140 valence electrons. The lowest BCUT2D eigenvalue weighted by molar-refractivity contribution is -0.124. The van der Waals surface area contributed by atoms with Crippen molar-refractivity contribution in [2.24, 2.45) is 0 Å². The Kier molecular flexibility index (Phi) is 6.35. The van der Waals surface area contributed by atoms with Crippen LogP contribution in [-0.4, -0.2) is 36.5 Å². The number of morpholine rings is 1. The number of carbonyl (C=O) groups excluding carboxylic acids is 1. The molecule has 0 aliphatic carbocycles. The van der Waals surface area contributed by atoms with Gasteiger partial charge in [0.1, 0.15) is 6.07 Å².